The number of hydrogen-bond donors (Lipinski definition) is 0. The van der Waals surface area contributed by atoms with Crippen molar-refractivity contribution < 1.29 is 0 Å². The van der Waals surface area contributed by atoms with Crippen molar-refractivity contribution in [3.63, 3.8) is 0 Å². The Morgan fingerprint density at radius 1 is 1.56 bits per heavy atom. The molecule has 1 fully saturated rings. The predicted molar refractivity (Wildman–Crippen MR) is 74.7 cm³/mol. The van der Waals surface area contributed by atoms with Crippen molar-refractivity contribution in [2.75, 3.05) is 23.5 Å². The minimum atomic E-state index is 0.503. The molecule has 1 saturated heterocycles. The van der Waals surface area contributed by atoms with Gasteiger partial charge >= 0.3 is 0 Å². The lowest BCUT2D eigenvalue weighted by Crippen LogP contribution is -2.33. The molecule has 7 heteroatoms. The Bertz CT molecular complexity index is 578. The fourth-order valence-electron chi connectivity index (χ4n) is 2.30. The van der Waals surface area contributed by atoms with Crippen LogP contribution in [0.15, 0.2) is 6.33 Å². The molecule has 1 atom stereocenters. The van der Waals surface area contributed by atoms with Gasteiger partial charge in [0.15, 0.2) is 0 Å². The smallest absolute Gasteiger partial charge is 0.255 e. The minimum absolute atomic E-state index is 0.503. The second kappa shape index (κ2) is 4.59. The summed E-state index contributed by atoms with van der Waals surface area (Å²) in [6, 6.07) is 0.527. The fourth-order valence-corrected chi connectivity index (χ4v) is 3.73. The topological polar surface area (TPSA) is 46.3 Å². The molecule has 0 saturated carbocycles. The maximum atomic E-state index is 6.18. The Balaban J connectivity index is 2.13. The molecule has 18 heavy (non-hydrogen) atoms. The Morgan fingerprint density at radius 2 is 2.39 bits per heavy atom. The zero-order chi connectivity index (χ0) is 12.7. The molecule has 1 unspecified atom stereocenters. The van der Waals surface area contributed by atoms with Crippen LogP contribution in [0.1, 0.15) is 12.0 Å². The van der Waals surface area contributed by atoms with Crippen molar-refractivity contribution in [1.29, 1.82) is 0 Å². The monoisotopic (exact) mass is 283 g/mol. The second-order valence-electron chi connectivity index (χ2n) is 4.45. The van der Waals surface area contributed by atoms with E-state index in [1.165, 1.54) is 18.5 Å². The Hall–Kier alpha value is -1.01. The molecule has 0 aromatic carbocycles. The van der Waals surface area contributed by atoms with Crippen LogP contribution in [0.2, 0.25) is 5.15 Å². The zero-order valence-corrected chi connectivity index (χ0v) is 11.9. The van der Waals surface area contributed by atoms with Crippen LogP contribution in [0, 0.1) is 6.92 Å². The van der Waals surface area contributed by atoms with Crippen LogP contribution in [0.3, 0.4) is 0 Å². The summed E-state index contributed by atoms with van der Waals surface area (Å²) in [6.07, 6.45) is 2.70. The van der Waals surface area contributed by atoms with Gasteiger partial charge in [0.25, 0.3) is 5.78 Å². The van der Waals surface area contributed by atoms with Crippen LogP contribution in [0.25, 0.3) is 5.78 Å². The van der Waals surface area contributed by atoms with Gasteiger partial charge in [-0.25, -0.2) is 0 Å². The molecular weight excluding hydrogens is 270 g/mol. The first-order valence-corrected chi connectivity index (χ1v) is 7.38. The van der Waals surface area contributed by atoms with E-state index in [4.69, 9.17) is 11.6 Å². The predicted octanol–water partition coefficient (Wildman–Crippen LogP) is 2.03. The lowest BCUT2D eigenvalue weighted by Gasteiger charge is -2.27. The summed E-state index contributed by atoms with van der Waals surface area (Å²) in [4.78, 5) is 10.6. The van der Waals surface area contributed by atoms with Crippen molar-refractivity contribution in [1.82, 2.24) is 19.6 Å². The van der Waals surface area contributed by atoms with Gasteiger partial charge in [0.1, 0.15) is 17.3 Å². The third-order valence-electron chi connectivity index (χ3n) is 3.36. The van der Waals surface area contributed by atoms with Crippen molar-refractivity contribution in [3.05, 3.63) is 17.0 Å². The van der Waals surface area contributed by atoms with Crippen molar-refractivity contribution in [3.8, 4) is 0 Å². The maximum absolute atomic E-state index is 6.18. The standard InChI is InChI=1S/C11H14ClN5S/c1-7-9(12)15-11-13-6-14-17(11)10(7)16(2)8-3-4-18-5-8/h6,8H,3-5H2,1-2H3. The van der Waals surface area contributed by atoms with E-state index in [0.717, 1.165) is 17.1 Å². The number of nitrogens with zero attached hydrogens (tertiary/aromatic N) is 5. The summed E-state index contributed by atoms with van der Waals surface area (Å²) in [5.74, 6) is 3.91. The molecule has 3 heterocycles. The normalized spacial score (nSPS) is 19.6. The molecule has 2 aromatic heterocycles. The van der Waals surface area contributed by atoms with E-state index in [9.17, 15) is 0 Å². The average Bonchev–Trinajstić information content (AvgIpc) is 2.99. The molecule has 1 aliphatic rings. The van der Waals surface area contributed by atoms with Gasteiger partial charge in [-0.2, -0.15) is 31.3 Å². The number of anilines is 1. The van der Waals surface area contributed by atoms with Crippen LogP contribution in [-0.4, -0.2) is 44.2 Å². The summed E-state index contributed by atoms with van der Waals surface area (Å²) in [5.41, 5.74) is 0.953. The molecule has 0 bridgehead atoms. The highest BCUT2D eigenvalue weighted by Crippen LogP contribution is 2.30. The summed E-state index contributed by atoms with van der Waals surface area (Å²) in [7, 11) is 2.09. The van der Waals surface area contributed by atoms with Gasteiger partial charge in [0.05, 0.1) is 0 Å². The highest BCUT2D eigenvalue weighted by molar-refractivity contribution is 7.99. The quantitative estimate of drug-likeness (QED) is 0.789. The molecule has 1 aliphatic heterocycles. The van der Waals surface area contributed by atoms with Crippen LogP contribution >= 0.6 is 23.4 Å². The molecule has 0 aliphatic carbocycles. The van der Waals surface area contributed by atoms with Crippen LogP contribution in [-0.2, 0) is 0 Å². The van der Waals surface area contributed by atoms with Gasteiger partial charge in [-0.05, 0) is 19.1 Å². The molecule has 0 radical (unpaired) electrons. The lowest BCUT2D eigenvalue weighted by molar-refractivity contribution is 0.676. The van der Waals surface area contributed by atoms with E-state index in [0.29, 0.717) is 17.0 Å². The van der Waals surface area contributed by atoms with E-state index >= 15 is 0 Å². The maximum Gasteiger partial charge on any atom is 0.255 e. The van der Waals surface area contributed by atoms with Gasteiger partial charge in [-0.15, -0.1) is 0 Å². The molecule has 0 amide bonds. The highest BCUT2D eigenvalue weighted by Gasteiger charge is 2.25. The number of aromatic nitrogens is 4. The van der Waals surface area contributed by atoms with Gasteiger partial charge in [0, 0.05) is 24.4 Å². The third kappa shape index (κ3) is 1.83. The van der Waals surface area contributed by atoms with Gasteiger partial charge in [-0.3, -0.25) is 0 Å². The Morgan fingerprint density at radius 3 is 3.11 bits per heavy atom. The Kier molecular flexibility index (Phi) is 3.07. The molecule has 96 valence electrons. The molecule has 5 nitrogen and oxygen atoms in total. The zero-order valence-electron chi connectivity index (χ0n) is 10.3. The van der Waals surface area contributed by atoms with Crippen LogP contribution < -0.4 is 4.90 Å². The van der Waals surface area contributed by atoms with E-state index in [1.54, 1.807) is 4.52 Å². The fraction of sp³-hybridized carbons (Fsp3) is 0.545. The van der Waals surface area contributed by atoms with Gasteiger partial charge in [0.2, 0.25) is 0 Å². The first kappa shape index (κ1) is 12.0. The van der Waals surface area contributed by atoms with E-state index < -0.39 is 0 Å². The average molecular weight is 284 g/mol. The second-order valence-corrected chi connectivity index (χ2v) is 5.96. The highest BCUT2D eigenvalue weighted by atomic mass is 35.5. The van der Waals surface area contributed by atoms with Gasteiger partial charge < -0.3 is 4.90 Å². The number of rotatable bonds is 2. The minimum Gasteiger partial charge on any atom is -0.355 e. The summed E-state index contributed by atoms with van der Waals surface area (Å²) in [6.45, 7) is 1.98. The first-order chi connectivity index (χ1) is 8.68. The molecular formula is C11H14ClN5S. The molecule has 0 N–H and O–H groups in total. The number of halogens is 1. The van der Waals surface area contributed by atoms with Crippen molar-refractivity contribution in [2.24, 2.45) is 0 Å². The van der Waals surface area contributed by atoms with Crippen LogP contribution in [0.4, 0.5) is 5.82 Å². The molecule has 2 aromatic rings. The van der Waals surface area contributed by atoms with Crippen molar-refractivity contribution >= 4 is 35.0 Å². The van der Waals surface area contributed by atoms with Gasteiger partial charge in [-0.1, -0.05) is 11.6 Å². The van der Waals surface area contributed by atoms with E-state index in [1.807, 2.05) is 18.7 Å². The summed E-state index contributed by atoms with van der Waals surface area (Å²) in [5, 5.41) is 4.75. The Labute approximate surface area is 115 Å². The molecule has 0 spiro atoms. The van der Waals surface area contributed by atoms with E-state index in [2.05, 4.69) is 27.0 Å². The summed E-state index contributed by atoms with van der Waals surface area (Å²) >= 11 is 8.16. The number of thioether (sulfide) groups is 1. The number of hydrogen-bond acceptors (Lipinski definition) is 5. The SMILES string of the molecule is Cc1c(Cl)nc2ncnn2c1N(C)C1CCSC1. The van der Waals surface area contributed by atoms with Crippen LogP contribution in [0.5, 0.6) is 0 Å². The summed E-state index contributed by atoms with van der Waals surface area (Å²) < 4.78 is 1.77. The third-order valence-corrected chi connectivity index (χ3v) is 4.87. The van der Waals surface area contributed by atoms with Crippen molar-refractivity contribution in [2.45, 2.75) is 19.4 Å². The largest absolute Gasteiger partial charge is 0.355 e. The first-order valence-electron chi connectivity index (χ1n) is 5.85. The number of fused-ring (bicyclic) bond motifs is 1. The molecule has 3 rings (SSSR count). The van der Waals surface area contributed by atoms with E-state index in [-0.39, 0.29) is 0 Å². The lowest BCUT2D eigenvalue weighted by atomic mass is 10.2.